The van der Waals surface area contributed by atoms with E-state index in [1.54, 1.807) is 0 Å². The number of benzene rings is 2. The Hall–Kier alpha value is -2.82. The zero-order valence-electron chi connectivity index (χ0n) is 16.0. The summed E-state index contributed by atoms with van der Waals surface area (Å²) in [6.45, 7) is 4.19. The van der Waals surface area contributed by atoms with Crippen molar-refractivity contribution in [1.82, 2.24) is 9.55 Å². The topological polar surface area (TPSA) is 58.4 Å². The summed E-state index contributed by atoms with van der Waals surface area (Å²) in [6, 6.07) is 14.4. The highest BCUT2D eigenvalue weighted by atomic mass is 16.4. The van der Waals surface area contributed by atoms with Crippen LogP contribution in [-0.2, 0) is 19.9 Å². The standard InChI is InChI=1S/C22H25N3O2/c1-14(16-7-5-4-6-8-16)13-20-23-21-17-10-9-15(2)25(22(26)27)18(17)11-12-19(21)24(20)3/h4-8,11-12,14-15H,9-10,13H2,1-3H3,(H,26,27). The molecule has 0 saturated heterocycles. The zero-order chi connectivity index (χ0) is 19.1. The number of aromatic nitrogens is 2. The number of aryl methyl sites for hydroxylation is 2. The van der Waals surface area contributed by atoms with Gasteiger partial charge in [-0.2, -0.15) is 0 Å². The minimum Gasteiger partial charge on any atom is -0.465 e. The van der Waals surface area contributed by atoms with Crippen molar-refractivity contribution in [1.29, 1.82) is 0 Å². The lowest BCUT2D eigenvalue weighted by molar-refractivity contribution is 0.198. The van der Waals surface area contributed by atoms with E-state index in [4.69, 9.17) is 4.98 Å². The fourth-order valence-electron chi connectivity index (χ4n) is 4.19. The van der Waals surface area contributed by atoms with Gasteiger partial charge in [0.1, 0.15) is 5.82 Å². The Bertz CT molecular complexity index is 994. The zero-order valence-corrected chi connectivity index (χ0v) is 16.0. The van der Waals surface area contributed by atoms with Crippen molar-refractivity contribution >= 4 is 22.8 Å². The molecular weight excluding hydrogens is 338 g/mol. The molecule has 0 bridgehead atoms. The lowest BCUT2D eigenvalue weighted by Crippen LogP contribution is -2.41. The van der Waals surface area contributed by atoms with Crippen LogP contribution >= 0.6 is 0 Å². The molecule has 1 aliphatic heterocycles. The molecule has 2 aromatic carbocycles. The first-order chi connectivity index (χ1) is 13.0. The van der Waals surface area contributed by atoms with Crippen LogP contribution in [-0.4, -0.2) is 26.8 Å². The number of hydrogen-bond donors (Lipinski definition) is 1. The maximum absolute atomic E-state index is 11.7. The van der Waals surface area contributed by atoms with Gasteiger partial charge in [-0.05, 0) is 43.4 Å². The van der Waals surface area contributed by atoms with E-state index in [0.717, 1.165) is 47.4 Å². The van der Waals surface area contributed by atoms with Crippen LogP contribution in [0.1, 0.15) is 43.1 Å². The lowest BCUT2D eigenvalue weighted by Gasteiger charge is -2.33. The highest BCUT2D eigenvalue weighted by Crippen LogP contribution is 2.36. The van der Waals surface area contributed by atoms with Crippen LogP contribution in [0, 0.1) is 0 Å². The molecule has 1 N–H and O–H groups in total. The van der Waals surface area contributed by atoms with Crippen molar-refractivity contribution in [3.05, 3.63) is 59.4 Å². The van der Waals surface area contributed by atoms with Gasteiger partial charge in [-0.25, -0.2) is 9.78 Å². The third kappa shape index (κ3) is 2.97. The number of carboxylic acid groups (broad SMARTS) is 1. The molecule has 0 fully saturated rings. The van der Waals surface area contributed by atoms with Crippen LogP contribution in [0.25, 0.3) is 11.0 Å². The van der Waals surface area contributed by atoms with E-state index in [1.807, 2.05) is 25.1 Å². The smallest absolute Gasteiger partial charge is 0.412 e. The number of rotatable bonds is 3. The molecule has 1 aromatic heterocycles. The number of imidazole rings is 1. The highest BCUT2D eigenvalue weighted by Gasteiger charge is 2.30. The molecule has 1 amide bonds. The Labute approximate surface area is 159 Å². The van der Waals surface area contributed by atoms with E-state index in [1.165, 1.54) is 10.5 Å². The monoisotopic (exact) mass is 363 g/mol. The Morgan fingerprint density at radius 1 is 1.26 bits per heavy atom. The molecule has 0 spiro atoms. The van der Waals surface area contributed by atoms with Crippen molar-refractivity contribution in [2.24, 2.45) is 7.05 Å². The molecule has 2 heterocycles. The van der Waals surface area contributed by atoms with Gasteiger partial charge >= 0.3 is 6.09 Å². The van der Waals surface area contributed by atoms with Crippen molar-refractivity contribution in [3.8, 4) is 0 Å². The molecular formula is C22H25N3O2. The average molecular weight is 363 g/mol. The van der Waals surface area contributed by atoms with Gasteiger partial charge in [-0.3, -0.25) is 4.90 Å². The molecule has 0 saturated carbocycles. The molecule has 0 aliphatic carbocycles. The Kier molecular flexibility index (Phi) is 4.38. The van der Waals surface area contributed by atoms with Gasteiger partial charge < -0.3 is 9.67 Å². The number of anilines is 1. The summed E-state index contributed by atoms with van der Waals surface area (Å²) >= 11 is 0. The largest absolute Gasteiger partial charge is 0.465 e. The van der Waals surface area contributed by atoms with E-state index in [9.17, 15) is 9.90 Å². The summed E-state index contributed by atoms with van der Waals surface area (Å²) in [5.74, 6) is 1.41. The SMILES string of the molecule is CC(Cc1nc2c3c(ccc2n1C)N(C(=O)O)C(C)CC3)c1ccccc1. The molecule has 1 aliphatic rings. The number of nitrogens with zero attached hydrogens (tertiary/aromatic N) is 3. The molecule has 5 heteroatoms. The van der Waals surface area contributed by atoms with Crippen LogP contribution in [0.3, 0.4) is 0 Å². The van der Waals surface area contributed by atoms with Crippen molar-refractivity contribution in [2.75, 3.05) is 4.90 Å². The van der Waals surface area contributed by atoms with Gasteiger partial charge in [-0.15, -0.1) is 0 Å². The minimum atomic E-state index is -0.892. The third-order valence-corrected chi connectivity index (χ3v) is 5.80. The van der Waals surface area contributed by atoms with Gasteiger partial charge in [-0.1, -0.05) is 37.3 Å². The van der Waals surface area contributed by atoms with E-state index in [-0.39, 0.29) is 6.04 Å². The minimum absolute atomic E-state index is 0.00580. The van der Waals surface area contributed by atoms with Gasteiger partial charge in [0.05, 0.1) is 16.7 Å². The maximum Gasteiger partial charge on any atom is 0.412 e. The Morgan fingerprint density at radius 3 is 2.70 bits per heavy atom. The number of fused-ring (bicyclic) bond motifs is 3. The molecule has 2 unspecified atom stereocenters. The van der Waals surface area contributed by atoms with Crippen LogP contribution in [0.5, 0.6) is 0 Å². The van der Waals surface area contributed by atoms with Gasteiger partial charge in [0.25, 0.3) is 0 Å². The molecule has 3 aromatic rings. The lowest BCUT2D eigenvalue weighted by atomic mass is 9.96. The molecule has 4 rings (SSSR count). The fraction of sp³-hybridized carbons (Fsp3) is 0.364. The number of carbonyl (C=O) groups is 1. The Balaban J connectivity index is 1.75. The summed E-state index contributed by atoms with van der Waals surface area (Å²) in [5.41, 5.74) is 5.17. The van der Waals surface area contributed by atoms with E-state index in [2.05, 4.69) is 42.8 Å². The molecule has 2 atom stereocenters. The predicted octanol–water partition coefficient (Wildman–Crippen LogP) is 4.74. The van der Waals surface area contributed by atoms with Gasteiger partial charge in [0.2, 0.25) is 0 Å². The van der Waals surface area contributed by atoms with Crippen LogP contribution in [0.2, 0.25) is 0 Å². The molecule has 140 valence electrons. The van der Waals surface area contributed by atoms with Crippen LogP contribution in [0.4, 0.5) is 10.5 Å². The molecule has 27 heavy (non-hydrogen) atoms. The summed E-state index contributed by atoms with van der Waals surface area (Å²) in [7, 11) is 2.05. The molecule has 5 nitrogen and oxygen atoms in total. The first kappa shape index (κ1) is 17.6. The second-order valence-corrected chi connectivity index (χ2v) is 7.57. The van der Waals surface area contributed by atoms with Crippen molar-refractivity contribution in [3.63, 3.8) is 0 Å². The normalized spacial score (nSPS) is 17.7. The van der Waals surface area contributed by atoms with E-state index < -0.39 is 6.09 Å². The van der Waals surface area contributed by atoms with E-state index in [0.29, 0.717) is 5.92 Å². The van der Waals surface area contributed by atoms with Crippen LogP contribution in [0.15, 0.2) is 42.5 Å². The average Bonchev–Trinajstić information content (AvgIpc) is 2.97. The van der Waals surface area contributed by atoms with Crippen molar-refractivity contribution < 1.29 is 9.90 Å². The van der Waals surface area contributed by atoms with Crippen LogP contribution < -0.4 is 4.90 Å². The summed E-state index contributed by atoms with van der Waals surface area (Å²) in [6.07, 6.45) is 1.65. The third-order valence-electron chi connectivity index (χ3n) is 5.80. The number of hydrogen-bond acceptors (Lipinski definition) is 2. The maximum atomic E-state index is 11.7. The highest BCUT2D eigenvalue weighted by molar-refractivity contribution is 5.94. The summed E-state index contributed by atoms with van der Waals surface area (Å²) in [4.78, 5) is 18.2. The van der Waals surface area contributed by atoms with Gasteiger partial charge in [0, 0.05) is 25.1 Å². The van der Waals surface area contributed by atoms with Crippen molar-refractivity contribution in [2.45, 2.75) is 45.1 Å². The second-order valence-electron chi connectivity index (χ2n) is 7.57. The number of amides is 1. The molecule has 0 radical (unpaired) electrons. The van der Waals surface area contributed by atoms with Gasteiger partial charge in [0.15, 0.2) is 0 Å². The first-order valence-electron chi connectivity index (χ1n) is 9.51. The quantitative estimate of drug-likeness (QED) is 0.731. The summed E-state index contributed by atoms with van der Waals surface area (Å²) < 4.78 is 2.15. The summed E-state index contributed by atoms with van der Waals surface area (Å²) in [5, 5.41) is 9.63. The fourth-order valence-corrected chi connectivity index (χ4v) is 4.19. The predicted molar refractivity (Wildman–Crippen MR) is 108 cm³/mol. The first-order valence-corrected chi connectivity index (χ1v) is 9.51. The second kappa shape index (κ2) is 6.72. The Morgan fingerprint density at radius 2 is 2.00 bits per heavy atom. The van der Waals surface area contributed by atoms with E-state index >= 15 is 0 Å².